The molecule has 0 atom stereocenters. The second-order valence-corrected chi connectivity index (χ2v) is 8.07. The lowest BCUT2D eigenvalue weighted by molar-refractivity contribution is -0.123. The number of piperidine rings is 1. The molecule has 1 heterocycles. The van der Waals surface area contributed by atoms with E-state index in [9.17, 15) is 14.4 Å². The Bertz CT molecular complexity index is 944. The Balaban J connectivity index is 1.39. The summed E-state index contributed by atoms with van der Waals surface area (Å²) in [5, 5.41) is 8.26. The van der Waals surface area contributed by atoms with E-state index in [1.54, 1.807) is 0 Å². The summed E-state index contributed by atoms with van der Waals surface area (Å²) < 4.78 is 0. The number of benzene rings is 2. The number of carbonyl (C=O) groups excluding carboxylic acids is 3. The third-order valence-corrected chi connectivity index (χ3v) is 5.45. The van der Waals surface area contributed by atoms with Gasteiger partial charge in [0.1, 0.15) is 0 Å². The van der Waals surface area contributed by atoms with Crippen molar-refractivity contribution < 1.29 is 14.4 Å². The molecule has 1 fully saturated rings. The van der Waals surface area contributed by atoms with Crippen LogP contribution in [0.4, 0.5) is 11.4 Å². The van der Waals surface area contributed by atoms with E-state index in [-0.39, 0.29) is 29.6 Å². The molecule has 0 aromatic heterocycles. The van der Waals surface area contributed by atoms with Crippen molar-refractivity contribution in [2.45, 2.75) is 19.3 Å². The summed E-state index contributed by atoms with van der Waals surface area (Å²) in [6.07, 6.45) is 3.67. The van der Waals surface area contributed by atoms with Crippen LogP contribution in [-0.2, 0) is 9.59 Å². The topological polar surface area (TPSA) is 90.5 Å². The Labute approximate surface area is 191 Å². The van der Waals surface area contributed by atoms with Crippen LogP contribution in [0, 0.1) is 0 Å². The van der Waals surface area contributed by atoms with Gasteiger partial charge in [0, 0.05) is 29.5 Å². The highest BCUT2D eigenvalue weighted by molar-refractivity contribution is 6.36. The first-order valence-electron chi connectivity index (χ1n) is 10.1. The molecule has 1 saturated heterocycles. The van der Waals surface area contributed by atoms with Gasteiger partial charge in [0.25, 0.3) is 5.91 Å². The van der Waals surface area contributed by atoms with Crippen LogP contribution in [0.3, 0.4) is 0 Å². The van der Waals surface area contributed by atoms with Crippen molar-refractivity contribution in [3.05, 3.63) is 58.1 Å². The maximum Gasteiger partial charge on any atom is 0.253 e. The van der Waals surface area contributed by atoms with Gasteiger partial charge in [-0.3, -0.25) is 14.4 Å². The van der Waals surface area contributed by atoms with Crippen LogP contribution in [0.15, 0.2) is 42.5 Å². The summed E-state index contributed by atoms with van der Waals surface area (Å²) >= 11 is 11.8. The minimum atomic E-state index is -0.505. The van der Waals surface area contributed by atoms with Crippen molar-refractivity contribution in [3.8, 4) is 0 Å². The maximum atomic E-state index is 12.1. The highest BCUT2D eigenvalue weighted by Crippen LogP contribution is 2.22. The third-order valence-electron chi connectivity index (χ3n) is 4.90. The fourth-order valence-corrected chi connectivity index (χ4v) is 3.78. The molecule has 164 valence electrons. The molecule has 2 aromatic rings. The van der Waals surface area contributed by atoms with E-state index in [4.69, 9.17) is 23.2 Å². The van der Waals surface area contributed by atoms with E-state index >= 15 is 0 Å². The van der Waals surface area contributed by atoms with Crippen molar-refractivity contribution in [3.63, 3.8) is 0 Å². The largest absolute Gasteiger partial charge is 0.372 e. The molecule has 9 heteroatoms. The van der Waals surface area contributed by atoms with E-state index in [0.717, 1.165) is 18.8 Å². The van der Waals surface area contributed by atoms with Gasteiger partial charge in [0.2, 0.25) is 11.8 Å². The molecule has 0 spiro atoms. The first kappa shape index (κ1) is 22.9. The highest BCUT2D eigenvalue weighted by Gasteiger charge is 2.13. The van der Waals surface area contributed by atoms with Gasteiger partial charge in [-0.2, -0.15) is 0 Å². The summed E-state index contributed by atoms with van der Waals surface area (Å²) in [5.41, 5.74) is 2.01. The Morgan fingerprint density at radius 1 is 0.839 bits per heavy atom. The van der Waals surface area contributed by atoms with Crippen molar-refractivity contribution in [1.82, 2.24) is 10.6 Å². The van der Waals surface area contributed by atoms with Crippen molar-refractivity contribution >= 4 is 52.3 Å². The average molecular weight is 463 g/mol. The molecule has 1 aliphatic heterocycles. The van der Waals surface area contributed by atoms with Gasteiger partial charge in [0.15, 0.2) is 0 Å². The van der Waals surface area contributed by atoms with Crippen LogP contribution < -0.4 is 20.9 Å². The summed E-state index contributed by atoms with van der Waals surface area (Å²) in [6, 6.07) is 12.1. The third kappa shape index (κ3) is 6.87. The van der Waals surface area contributed by atoms with Gasteiger partial charge in [-0.15, -0.1) is 0 Å². The van der Waals surface area contributed by atoms with E-state index in [1.165, 1.54) is 37.5 Å². The number of nitrogens with zero attached hydrogens (tertiary/aromatic N) is 1. The SMILES string of the molecule is O=C(CNC(=O)c1ccc(Cl)cc1Cl)NCC(=O)Nc1ccc(N2CCCCC2)cc1. The Kier molecular flexibility index (Phi) is 8.14. The molecule has 2 aromatic carbocycles. The lowest BCUT2D eigenvalue weighted by atomic mass is 10.1. The fourth-order valence-electron chi connectivity index (χ4n) is 3.28. The number of carbonyl (C=O) groups is 3. The first-order chi connectivity index (χ1) is 14.9. The maximum absolute atomic E-state index is 12.1. The number of nitrogens with one attached hydrogen (secondary N) is 3. The van der Waals surface area contributed by atoms with E-state index < -0.39 is 11.8 Å². The van der Waals surface area contributed by atoms with Gasteiger partial charge in [-0.25, -0.2) is 0 Å². The molecule has 7 nitrogen and oxygen atoms in total. The van der Waals surface area contributed by atoms with Gasteiger partial charge in [-0.1, -0.05) is 23.2 Å². The minimum Gasteiger partial charge on any atom is -0.372 e. The standard InChI is InChI=1S/C22H24Cl2N4O3/c23-15-4-9-18(19(24)12-15)22(31)26-13-20(29)25-14-21(30)27-16-5-7-17(8-6-16)28-10-2-1-3-11-28/h4-9,12H,1-3,10-11,13-14H2,(H,25,29)(H,26,31)(H,27,30). The Morgan fingerprint density at radius 2 is 1.52 bits per heavy atom. The summed E-state index contributed by atoms with van der Waals surface area (Å²) in [4.78, 5) is 38.5. The predicted molar refractivity (Wildman–Crippen MR) is 123 cm³/mol. The number of halogens is 2. The highest BCUT2D eigenvalue weighted by atomic mass is 35.5. The lowest BCUT2D eigenvalue weighted by Crippen LogP contribution is -2.40. The molecule has 3 N–H and O–H groups in total. The second-order valence-electron chi connectivity index (χ2n) is 7.23. The Morgan fingerprint density at radius 3 is 2.19 bits per heavy atom. The van der Waals surface area contributed by atoms with E-state index in [1.807, 2.05) is 24.3 Å². The number of hydrogen-bond acceptors (Lipinski definition) is 4. The van der Waals surface area contributed by atoms with E-state index in [0.29, 0.717) is 10.7 Å². The monoisotopic (exact) mass is 462 g/mol. The zero-order valence-electron chi connectivity index (χ0n) is 16.9. The van der Waals surface area contributed by atoms with Crippen molar-refractivity contribution in [2.75, 3.05) is 36.4 Å². The second kappa shape index (κ2) is 11.0. The van der Waals surface area contributed by atoms with Gasteiger partial charge >= 0.3 is 0 Å². The number of amides is 3. The Hall–Kier alpha value is -2.77. The molecular weight excluding hydrogens is 439 g/mol. The smallest absolute Gasteiger partial charge is 0.253 e. The summed E-state index contributed by atoms with van der Waals surface area (Å²) in [7, 11) is 0. The number of anilines is 2. The zero-order valence-corrected chi connectivity index (χ0v) is 18.4. The zero-order chi connectivity index (χ0) is 22.2. The van der Waals surface area contributed by atoms with Crippen LogP contribution in [0.5, 0.6) is 0 Å². The lowest BCUT2D eigenvalue weighted by Gasteiger charge is -2.28. The molecule has 0 bridgehead atoms. The van der Waals surface area contributed by atoms with Gasteiger partial charge in [-0.05, 0) is 61.7 Å². The predicted octanol–water partition coefficient (Wildman–Crippen LogP) is 3.47. The molecule has 0 saturated carbocycles. The van der Waals surface area contributed by atoms with Gasteiger partial charge < -0.3 is 20.9 Å². The van der Waals surface area contributed by atoms with Crippen LogP contribution in [0.2, 0.25) is 10.0 Å². The molecule has 0 unspecified atom stereocenters. The van der Waals surface area contributed by atoms with E-state index in [2.05, 4.69) is 20.9 Å². The van der Waals surface area contributed by atoms with Crippen LogP contribution in [0.25, 0.3) is 0 Å². The fraction of sp³-hybridized carbons (Fsp3) is 0.318. The molecule has 31 heavy (non-hydrogen) atoms. The molecule has 0 radical (unpaired) electrons. The first-order valence-corrected chi connectivity index (χ1v) is 10.8. The quantitative estimate of drug-likeness (QED) is 0.587. The normalized spacial score (nSPS) is 13.4. The molecule has 0 aliphatic carbocycles. The van der Waals surface area contributed by atoms with Gasteiger partial charge in [0.05, 0.1) is 23.7 Å². The summed E-state index contributed by atoms with van der Waals surface area (Å²) in [6.45, 7) is 1.62. The van der Waals surface area contributed by atoms with Crippen LogP contribution in [0.1, 0.15) is 29.6 Å². The van der Waals surface area contributed by atoms with Crippen LogP contribution >= 0.6 is 23.2 Å². The van der Waals surface area contributed by atoms with Crippen molar-refractivity contribution in [1.29, 1.82) is 0 Å². The average Bonchev–Trinajstić information content (AvgIpc) is 2.77. The minimum absolute atomic E-state index is 0.191. The van der Waals surface area contributed by atoms with Crippen molar-refractivity contribution in [2.24, 2.45) is 0 Å². The molecule has 3 rings (SSSR count). The summed E-state index contributed by atoms with van der Waals surface area (Å²) in [5.74, 6) is -1.35. The molecule has 3 amide bonds. The molecule has 1 aliphatic rings. The number of hydrogen-bond donors (Lipinski definition) is 3. The number of rotatable bonds is 7. The van der Waals surface area contributed by atoms with Crippen LogP contribution in [-0.4, -0.2) is 43.9 Å². The molecular formula is C22H24Cl2N4O3.